The molecule has 1 aliphatic rings. The van der Waals surface area contributed by atoms with Gasteiger partial charge in [-0.05, 0) is 75.7 Å². The maximum Gasteiger partial charge on any atom is 0.338 e. The first kappa shape index (κ1) is 51.7. The number of amides is 4. The standard InChI is InChI=1S/C48H73N5O9/c1-13-31(6)43(52(11)47(59)41(29(2)3)50-46(58)42(30(4)5)51(9)10)39(55)27-40(56)53-25-17-20-38(53)44(61-12)32(7)45(57)49-37(26-34-18-15-14-16-19-34)28-62-48(60)36-23-21-35(22-24-36)33(8)54/h14-16,18-19,21-24,29-32,37-39,41-44,55H,13,17,20,25-28H2,1-12H3,(H,49,57)(H,50,58)/t31-,32+,37+,38-,39+,41-,42-,43-,44+/m0/s1. The van der Waals surface area contributed by atoms with E-state index in [0.717, 1.165) is 5.56 Å². The van der Waals surface area contributed by atoms with Crippen molar-refractivity contribution in [1.82, 2.24) is 25.3 Å². The van der Waals surface area contributed by atoms with Crippen molar-refractivity contribution in [2.45, 2.75) is 130 Å². The van der Waals surface area contributed by atoms with Crippen LogP contribution in [0.1, 0.15) is 107 Å². The molecule has 344 valence electrons. The van der Waals surface area contributed by atoms with Crippen molar-refractivity contribution in [1.29, 1.82) is 0 Å². The van der Waals surface area contributed by atoms with Crippen LogP contribution < -0.4 is 10.6 Å². The quantitative estimate of drug-likeness (QED) is 0.104. The van der Waals surface area contributed by atoms with Gasteiger partial charge in [-0.1, -0.05) is 97.4 Å². The van der Waals surface area contributed by atoms with E-state index in [4.69, 9.17) is 9.47 Å². The van der Waals surface area contributed by atoms with Crippen LogP contribution in [0, 0.1) is 23.7 Å². The van der Waals surface area contributed by atoms with Crippen LogP contribution in [-0.4, -0.2) is 139 Å². The van der Waals surface area contributed by atoms with E-state index in [0.29, 0.717) is 37.8 Å². The minimum Gasteiger partial charge on any atom is -0.460 e. The van der Waals surface area contributed by atoms with E-state index >= 15 is 0 Å². The molecular weight excluding hydrogens is 791 g/mol. The molecule has 1 fully saturated rings. The monoisotopic (exact) mass is 864 g/mol. The topological polar surface area (TPSA) is 175 Å². The number of rotatable bonds is 23. The summed E-state index contributed by atoms with van der Waals surface area (Å²) in [5.41, 5.74) is 1.68. The zero-order valence-corrected chi connectivity index (χ0v) is 39.1. The first-order chi connectivity index (χ1) is 29.2. The number of nitrogens with zero attached hydrogens (tertiary/aromatic N) is 3. The predicted molar refractivity (Wildman–Crippen MR) is 239 cm³/mol. The van der Waals surface area contributed by atoms with Crippen LogP contribution in [0.25, 0.3) is 0 Å². The lowest BCUT2D eigenvalue weighted by Crippen LogP contribution is -2.59. The van der Waals surface area contributed by atoms with Crippen LogP contribution in [0.2, 0.25) is 0 Å². The summed E-state index contributed by atoms with van der Waals surface area (Å²) in [6, 6.07) is 12.7. The molecule has 1 saturated heterocycles. The summed E-state index contributed by atoms with van der Waals surface area (Å²) >= 11 is 0. The van der Waals surface area contributed by atoms with Gasteiger partial charge in [0.25, 0.3) is 0 Å². The Morgan fingerprint density at radius 3 is 2.00 bits per heavy atom. The Labute approximate surface area is 369 Å². The Hall–Kier alpha value is -4.66. The summed E-state index contributed by atoms with van der Waals surface area (Å²) in [6.45, 7) is 15.0. The molecule has 0 aromatic heterocycles. The van der Waals surface area contributed by atoms with Crippen molar-refractivity contribution in [3.8, 4) is 0 Å². The number of benzene rings is 2. The van der Waals surface area contributed by atoms with Crippen LogP contribution in [0.4, 0.5) is 0 Å². The number of ketones is 1. The Bertz CT molecular complexity index is 1780. The number of hydrogen-bond acceptors (Lipinski definition) is 10. The van der Waals surface area contributed by atoms with Crippen molar-refractivity contribution in [3.63, 3.8) is 0 Å². The van der Waals surface area contributed by atoms with Crippen molar-refractivity contribution in [3.05, 3.63) is 71.3 Å². The fraction of sp³-hybridized carbons (Fsp3) is 0.625. The number of carbonyl (C=O) groups excluding carboxylic acids is 6. The fourth-order valence-electron chi connectivity index (χ4n) is 8.70. The molecule has 1 heterocycles. The lowest BCUT2D eigenvalue weighted by molar-refractivity contribution is -0.147. The van der Waals surface area contributed by atoms with E-state index in [2.05, 4.69) is 10.6 Å². The number of likely N-dealkylation sites (N-methyl/N-ethyl adjacent to an activating group) is 2. The number of Topliss-reactive ketones (excluding diaryl/α,β-unsaturated/α-hetero) is 1. The zero-order chi connectivity index (χ0) is 46.4. The van der Waals surface area contributed by atoms with Gasteiger partial charge in [0.1, 0.15) is 12.6 Å². The highest BCUT2D eigenvalue weighted by Crippen LogP contribution is 2.29. The lowest BCUT2D eigenvalue weighted by Gasteiger charge is -2.40. The molecule has 0 saturated carbocycles. The number of esters is 1. The molecule has 1 aliphatic heterocycles. The number of ether oxygens (including phenoxy) is 2. The molecule has 4 amide bonds. The van der Waals surface area contributed by atoms with Gasteiger partial charge in [-0.3, -0.25) is 28.9 Å². The SMILES string of the molecule is CC[C@H](C)[C@@H]([C@H](O)CC(=O)N1CCC[C@H]1[C@H](OC)[C@@H](C)C(=O)N[C@@H](COC(=O)c1ccc(C(C)=O)cc1)Cc1ccccc1)N(C)C(=O)[C@@H](NC(=O)[C@H](C(C)C)N(C)C)C(C)C. The fourth-order valence-corrected chi connectivity index (χ4v) is 8.70. The van der Waals surface area contributed by atoms with Gasteiger partial charge in [-0.25, -0.2) is 4.79 Å². The molecule has 2 aromatic rings. The number of carbonyl (C=O) groups is 6. The molecule has 0 bridgehead atoms. The van der Waals surface area contributed by atoms with Gasteiger partial charge in [-0.15, -0.1) is 0 Å². The summed E-state index contributed by atoms with van der Waals surface area (Å²) in [6.07, 6.45) is 0.110. The first-order valence-corrected chi connectivity index (χ1v) is 22.1. The summed E-state index contributed by atoms with van der Waals surface area (Å²) in [5, 5.41) is 17.9. The smallest absolute Gasteiger partial charge is 0.338 e. The number of nitrogens with one attached hydrogen (secondary N) is 2. The number of aliphatic hydroxyl groups is 1. The highest BCUT2D eigenvalue weighted by atomic mass is 16.5. The largest absolute Gasteiger partial charge is 0.460 e. The molecule has 9 atom stereocenters. The summed E-state index contributed by atoms with van der Waals surface area (Å²) in [7, 11) is 6.79. The van der Waals surface area contributed by atoms with E-state index in [-0.39, 0.29) is 65.8 Å². The highest BCUT2D eigenvalue weighted by Gasteiger charge is 2.43. The van der Waals surface area contributed by atoms with Gasteiger partial charge < -0.3 is 35.0 Å². The van der Waals surface area contributed by atoms with Crippen molar-refractivity contribution >= 4 is 35.4 Å². The molecule has 0 unspecified atom stereocenters. The van der Waals surface area contributed by atoms with E-state index in [1.165, 1.54) is 31.1 Å². The molecule has 0 aliphatic carbocycles. The molecule has 0 radical (unpaired) electrons. The van der Waals surface area contributed by atoms with Crippen molar-refractivity contribution in [2.24, 2.45) is 23.7 Å². The second-order valence-corrected chi connectivity index (χ2v) is 17.9. The van der Waals surface area contributed by atoms with Gasteiger partial charge in [0, 0.05) is 26.3 Å². The molecule has 14 heteroatoms. The van der Waals surface area contributed by atoms with Gasteiger partial charge in [-0.2, -0.15) is 0 Å². The average Bonchev–Trinajstić information content (AvgIpc) is 3.71. The van der Waals surface area contributed by atoms with Crippen molar-refractivity contribution < 1.29 is 43.3 Å². The van der Waals surface area contributed by atoms with E-state index in [9.17, 15) is 33.9 Å². The Morgan fingerprint density at radius 1 is 0.855 bits per heavy atom. The third-order valence-corrected chi connectivity index (χ3v) is 12.3. The Morgan fingerprint density at radius 2 is 1.47 bits per heavy atom. The van der Waals surface area contributed by atoms with Gasteiger partial charge in [0.15, 0.2) is 5.78 Å². The average molecular weight is 864 g/mol. The summed E-state index contributed by atoms with van der Waals surface area (Å²) in [5.74, 6) is -3.08. The third-order valence-electron chi connectivity index (χ3n) is 12.3. The molecule has 3 rings (SSSR count). The zero-order valence-electron chi connectivity index (χ0n) is 39.1. The van der Waals surface area contributed by atoms with Crippen molar-refractivity contribution in [2.75, 3.05) is 41.4 Å². The Kier molecular flexibility index (Phi) is 20.2. The first-order valence-electron chi connectivity index (χ1n) is 22.1. The van der Waals surface area contributed by atoms with Gasteiger partial charge in [0.05, 0.1) is 54.3 Å². The Balaban J connectivity index is 1.76. The molecule has 0 spiro atoms. The van der Waals surface area contributed by atoms with Crippen LogP contribution in [-0.2, 0) is 35.1 Å². The van der Waals surface area contributed by atoms with Crippen LogP contribution in [0.5, 0.6) is 0 Å². The maximum atomic E-state index is 14.2. The molecule has 3 N–H and O–H groups in total. The number of aliphatic hydroxyl groups excluding tert-OH is 1. The normalized spacial score (nSPS) is 18.0. The second kappa shape index (κ2) is 24.3. The molecule has 62 heavy (non-hydrogen) atoms. The van der Waals surface area contributed by atoms with Crippen LogP contribution in [0.3, 0.4) is 0 Å². The van der Waals surface area contributed by atoms with E-state index < -0.39 is 54.3 Å². The second-order valence-electron chi connectivity index (χ2n) is 17.9. The van der Waals surface area contributed by atoms with Gasteiger partial charge in [0.2, 0.25) is 23.6 Å². The number of methoxy groups -OCH3 is 1. The lowest BCUT2D eigenvalue weighted by atomic mass is 9.89. The maximum absolute atomic E-state index is 14.2. The van der Waals surface area contributed by atoms with Crippen LogP contribution >= 0.6 is 0 Å². The molecular formula is C48H73N5O9. The van der Waals surface area contributed by atoms with Gasteiger partial charge >= 0.3 is 5.97 Å². The minimum absolute atomic E-state index is 0.00904. The summed E-state index contributed by atoms with van der Waals surface area (Å²) in [4.78, 5) is 85.5. The summed E-state index contributed by atoms with van der Waals surface area (Å²) < 4.78 is 11.6. The van der Waals surface area contributed by atoms with E-state index in [1.54, 1.807) is 31.0 Å². The number of hydrogen-bond donors (Lipinski definition) is 3. The highest BCUT2D eigenvalue weighted by molar-refractivity contribution is 5.96. The third kappa shape index (κ3) is 13.9. The van der Waals surface area contributed by atoms with E-state index in [1.807, 2.05) is 90.9 Å². The molecule has 2 aromatic carbocycles. The predicted octanol–water partition coefficient (Wildman–Crippen LogP) is 4.77. The van der Waals surface area contributed by atoms with Crippen LogP contribution in [0.15, 0.2) is 54.6 Å². The minimum atomic E-state index is -1.21. The number of likely N-dealkylation sites (tertiary alicyclic amines) is 1. The molecule has 14 nitrogen and oxygen atoms in total.